The largest absolute Gasteiger partial charge is 0.364 e. The van der Waals surface area contributed by atoms with E-state index in [2.05, 4.69) is 27.5 Å². The maximum Gasteiger partial charge on any atom is 0.252 e. The molecule has 0 radical (unpaired) electrons. The molecule has 0 atom stereocenters. The Morgan fingerprint density at radius 2 is 2.05 bits per heavy atom. The highest BCUT2D eigenvalue weighted by Gasteiger charge is 2.05. The molecule has 0 unspecified atom stereocenters. The molecule has 0 fully saturated rings. The average Bonchev–Trinajstić information content (AvgIpc) is 2.58. The van der Waals surface area contributed by atoms with E-state index in [0.717, 1.165) is 30.8 Å². The molecule has 2 aromatic rings. The van der Waals surface area contributed by atoms with Crippen molar-refractivity contribution in [1.82, 2.24) is 15.3 Å². The van der Waals surface area contributed by atoms with Crippen molar-refractivity contribution in [2.24, 2.45) is 0 Å². The number of carbonyl (C=O) groups is 1. The Hall–Kier alpha value is -2.43. The molecule has 2 heterocycles. The Kier molecular flexibility index (Phi) is 6.36. The van der Waals surface area contributed by atoms with Crippen molar-refractivity contribution in [2.45, 2.75) is 32.7 Å². The quantitative estimate of drug-likeness (QED) is 0.735. The van der Waals surface area contributed by atoms with Gasteiger partial charge in [-0.2, -0.15) is 0 Å². The molecule has 0 aliphatic heterocycles. The lowest BCUT2D eigenvalue weighted by Gasteiger charge is -2.07. The first kappa shape index (κ1) is 15.9. The van der Waals surface area contributed by atoms with E-state index < -0.39 is 0 Å². The molecular formula is C17H22N4O. The second-order valence-corrected chi connectivity index (χ2v) is 5.07. The van der Waals surface area contributed by atoms with Gasteiger partial charge in [0.25, 0.3) is 5.91 Å². The normalized spacial score (nSPS) is 10.2. The van der Waals surface area contributed by atoms with Crippen LogP contribution in [0.25, 0.3) is 0 Å². The number of anilines is 1. The maximum atomic E-state index is 11.9. The van der Waals surface area contributed by atoms with E-state index in [1.165, 1.54) is 0 Å². The van der Waals surface area contributed by atoms with Crippen LogP contribution in [-0.2, 0) is 6.54 Å². The van der Waals surface area contributed by atoms with Gasteiger partial charge in [-0.1, -0.05) is 25.8 Å². The zero-order valence-electron chi connectivity index (χ0n) is 12.9. The molecule has 2 rings (SSSR count). The molecule has 0 saturated heterocycles. The van der Waals surface area contributed by atoms with Gasteiger partial charge in [-0.25, -0.2) is 4.98 Å². The Labute approximate surface area is 131 Å². The van der Waals surface area contributed by atoms with Crippen LogP contribution in [-0.4, -0.2) is 22.4 Å². The molecule has 0 aliphatic rings. The van der Waals surface area contributed by atoms with Crippen LogP contribution in [0.1, 0.15) is 42.2 Å². The minimum atomic E-state index is -0.0696. The molecule has 0 saturated carbocycles. The topological polar surface area (TPSA) is 66.9 Å². The molecule has 0 aromatic carbocycles. The van der Waals surface area contributed by atoms with E-state index in [1.54, 1.807) is 18.5 Å². The van der Waals surface area contributed by atoms with Gasteiger partial charge in [-0.05, 0) is 30.7 Å². The monoisotopic (exact) mass is 298 g/mol. The third-order valence-electron chi connectivity index (χ3n) is 3.27. The highest BCUT2D eigenvalue weighted by molar-refractivity contribution is 5.93. The third-order valence-corrected chi connectivity index (χ3v) is 3.27. The highest BCUT2D eigenvalue weighted by Crippen LogP contribution is 2.07. The van der Waals surface area contributed by atoms with Gasteiger partial charge in [0, 0.05) is 18.9 Å². The number of unbranched alkanes of at least 4 members (excludes halogenated alkanes) is 2. The minimum absolute atomic E-state index is 0.0696. The lowest BCUT2D eigenvalue weighted by atomic mass is 10.2. The lowest BCUT2D eigenvalue weighted by Crippen LogP contribution is -2.24. The predicted octanol–water partition coefficient (Wildman–Crippen LogP) is 3.01. The Balaban J connectivity index is 1.81. The first-order valence-electron chi connectivity index (χ1n) is 7.67. The van der Waals surface area contributed by atoms with Gasteiger partial charge in [0.1, 0.15) is 5.82 Å². The zero-order chi connectivity index (χ0) is 15.6. The fraction of sp³-hybridized carbons (Fsp3) is 0.353. The fourth-order valence-corrected chi connectivity index (χ4v) is 2.00. The second kappa shape index (κ2) is 8.77. The fourth-order valence-electron chi connectivity index (χ4n) is 2.00. The number of aromatic nitrogens is 2. The van der Waals surface area contributed by atoms with Crippen molar-refractivity contribution in [3.05, 3.63) is 54.0 Å². The molecule has 2 aromatic heterocycles. The zero-order valence-corrected chi connectivity index (χ0v) is 12.9. The first-order valence-corrected chi connectivity index (χ1v) is 7.67. The molecule has 2 N–H and O–H groups in total. The summed E-state index contributed by atoms with van der Waals surface area (Å²) in [5.41, 5.74) is 1.53. The van der Waals surface area contributed by atoms with Crippen LogP contribution in [0.15, 0.2) is 42.7 Å². The summed E-state index contributed by atoms with van der Waals surface area (Å²) in [5, 5.41) is 6.08. The van der Waals surface area contributed by atoms with E-state index in [9.17, 15) is 4.79 Å². The number of rotatable bonds is 8. The smallest absolute Gasteiger partial charge is 0.252 e. The number of carbonyl (C=O) groups excluding carboxylic acids is 1. The van der Waals surface area contributed by atoms with Crippen molar-refractivity contribution in [3.8, 4) is 0 Å². The number of nitrogens with one attached hydrogen (secondary N) is 2. The summed E-state index contributed by atoms with van der Waals surface area (Å²) >= 11 is 0. The van der Waals surface area contributed by atoms with Crippen LogP contribution in [0.2, 0.25) is 0 Å². The van der Waals surface area contributed by atoms with Crippen LogP contribution >= 0.6 is 0 Å². The molecule has 5 nitrogen and oxygen atoms in total. The number of amides is 1. The van der Waals surface area contributed by atoms with Crippen LogP contribution in [0.3, 0.4) is 0 Å². The number of hydrogen-bond donors (Lipinski definition) is 2. The Morgan fingerprint density at radius 3 is 2.73 bits per heavy atom. The summed E-state index contributed by atoms with van der Waals surface area (Å²) < 4.78 is 0. The molecule has 5 heteroatoms. The van der Waals surface area contributed by atoms with Gasteiger partial charge < -0.3 is 10.6 Å². The molecule has 0 aliphatic carbocycles. The van der Waals surface area contributed by atoms with E-state index >= 15 is 0 Å². The summed E-state index contributed by atoms with van der Waals surface area (Å²) in [7, 11) is 0. The summed E-state index contributed by atoms with van der Waals surface area (Å²) in [5.74, 6) is 0.660. The van der Waals surface area contributed by atoms with Crippen molar-refractivity contribution < 1.29 is 4.79 Å². The van der Waals surface area contributed by atoms with Crippen LogP contribution in [0, 0.1) is 0 Å². The number of pyridine rings is 2. The second-order valence-electron chi connectivity index (χ2n) is 5.07. The summed E-state index contributed by atoms with van der Waals surface area (Å²) in [4.78, 5) is 20.4. The van der Waals surface area contributed by atoms with E-state index in [0.29, 0.717) is 18.7 Å². The molecule has 116 valence electrons. The summed E-state index contributed by atoms with van der Waals surface area (Å²) in [6.07, 6.45) is 6.65. The van der Waals surface area contributed by atoms with Gasteiger partial charge in [-0.3, -0.25) is 9.78 Å². The van der Waals surface area contributed by atoms with Crippen molar-refractivity contribution in [3.63, 3.8) is 0 Å². The van der Waals surface area contributed by atoms with Crippen LogP contribution in [0.4, 0.5) is 5.82 Å². The first-order chi connectivity index (χ1) is 10.8. The molecule has 0 spiro atoms. The summed E-state index contributed by atoms with van der Waals surface area (Å²) in [6.45, 7) is 3.46. The van der Waals surface area contributed by atoms with E-state index in [4.69, 9.17) is 0 Å². The average molecular weight is 298 g/mol. The number of hydrogen-bond acceptors (Lipinski definition) is 4. The van der Waals surface area contributed by atoms with Crippen molar-refractivity contribution in [2.75, 3.05) is 11.9 Å². The van der Waals surface area contributed by atoms with Gasteiger partial charge >= 0.3 is 0 Å². The molecule has 22 heavy (non-hydrogen) atoms. The molecule has 1 amide bonds. The molecular weight excluding hydrogens is 276 g/mol. The number of nitrogens with zero attached hydrogens (tertiary/aromatic N) is 2. The predicted molar refractivity (Wildman–Crippen MR) is 87.7 cm³/mol. The van der Waals surface area contributed by atoms with Crippen LogP contribution in [0.5, 0.6) is 0 Å². The van der Waals surface area contributed by atoms with Gasteiger partial charge in [0.15, 0.2) is 0 Å². The summed E-state index contributed by atoms with van der Waals surface area (Å²) in [6, 6.07) is 9.37. The third kappa shape index (κ3) is 5.16. The van der Waals surface area contributed by atoms with E-state index in [-0.39, 0.29) is 5.91 Å². The van der Waals surface area contributed by atoms with E-state index in [1.807, 2.05) is 24.3 Å². The Bertz CT molecular complexity index is 569. The van der Waals surface area contributed by atoms with Crippen LogP contribution < -0.4 is 10.6 Å². The van der Waals surface area contributed by atoms with Gasteiger partial charge in [0.05, 0.1) is 17.8 Å². The lowest BCUT2D eigenvalue weighted by molar-refractivity contribution is 0.0952. The standard InChI is InChI=1S/C17H22N4O/c1-2-3-5-11-19-17(22)14-8-9-16(20-12-14)21-13-15-7-4-6-10-18-15/h4,6-10,12H,2-3,5,11,13H2,1H3,(H,19,22)(H,20,21). The Morgan fingerprint density at radius 1 is 1.14 bits per heavy atom. The minimum Gasteiger partial charge on any atom is -0.364 e. The SMILES string of the molecule is CCCCCNC(=O)c1ccc(NCc2ccccn2)nc1. The van der Waals surface area contributed by atoms with Crippen molar-refractivity contribution in [1.29, 1.82) is 0 Å². The molecule has 0 bridgehead atoms. The highest BCUT2D eigenvalue weighted by atomic mass is 16.1. The van der Waals surface area contributed by atoms with Gasteiger partial charge in [0.2, 0.25) is 0 Å². The van der Waals surface area contributed by atoms with Crippen molar-refractivity contribution >= 4 is 11.7 Å². The maximum absolute atomic E-state index is 11.9. The van der Waals surface area contributed by atoms with Gasteiger partial charge in [-0.15, -0.1) is 0 Å².